The van der Waals surface area contributed by atoms with Gasteiger partial charge in [0.15, 0.2) is 0 Å². The fourth-order valence-electron chi connectivity index (χ4n) is 5.47. The summed E-state index contributed by atoms with van der Waals surface area (Å²) in [4.78, 5) is 15.7. The van der Waals surface area contributed by atoms with Crippen LogP contribution in [0.2, 0.25) is 10.0 Å². The highest BCUT2D eigenvalue weighted by molar-refractivity contribution is 9.10. The second-order valence-electron chi connectivity index (χ2n) is 10.8. The minimum absolute atomic E-state index is 0. The fraction of sp³-hybridized carbons (Fsp3) is 0.154. The zero-order valence-corrected chi connectivity index (χ0v) is 33.1. The van der Waals surface area contributed by atoms with Gasteiger partial charge in [-0.05, 0) is 105 Å². The van der Waals surface area contributed by atoms with E-state index in [4.69, 9.17) is 23.2 Å². The predicted octanol–water partition coefficient (Wildman–Crippen LogP) is 8.73. The number of halogens is 5. The summed E-state index contributed by atoms with van der Waals surface area (Å²) in [5.41, 5.74) is 4.16. The molecule has 0 bridgehead atoms. The highest BCUT2D eigenvalue weighted by atomic mass is 79.9. The summed E-state index contributed by atoms with van der Waals surface area (Å²) in [6.45, 7) is 3.98. The lowest BCUT2D eigenvalue weighted by atomic mass is 10.2. The van der Waals surface area contributed by atoms with Crippen molar-refractivity contribution < 1.29 is 21.8 Å². The molecule has 250 valence electrons. The van der Waals surface area contributed by atoms with Crippen molar-refractivity contribution in [2.75, 3.05) is 5.32 Å². The molecule has 0 aliphatic rings. The number of anilines is 1. The van der Waals surface area contributed by atoms with E-state index >= 15 is 0 Å². The van der Waals surface area contributed by atoms with Crippen LogP contribution in [0, 0.1) is 0 Å². The summed E-state index contributed by atoms with van der Waals surface area (Å²) in [5.74, 6) is -0.0299. The van der Waals surface area contributed by atoms with Crippen LogP contribution in [0.1, 0.15) is 39.0 Å². The standard InChI is InChI=1S/C28H24BrClNOP.C10H9BrClN.CH4.BrH/c1-2-28(32)31-27-19-26(30)25(29)18-21(27)20-33(22-12-6-3-7-13-22,23-14-8-4-9-15-23)24-16-10-5-11-17-24;1-2-7-3-6-4-8(11)9(12)5-10(6)13-7;;/h3-19H,2,20H2,1H3;3-5,13H,2H2,1H3;1H4;1H. The van der Waals surface area contributed by atoms with Crippen molar-refractivity contribution in [1.29, 1.82) is 0 Å². The van der Waals surface area contributed by atoms with E-state index in [1.165, 1.54) is 27.0 Å². The van der Waals surface area contributed by atoms with Gasteiger partial charge in [0.1, 0.15) is 29.3 Å². The lowest BCUT2D eigenvalue weighted by molar-refractivity contribution is -0.115. The number of carbonyl (C=O) groups excluding carboxylic acids is 1. The zero-order valence-electron chi connectivity index (χ0n) is 25.9. The monoisotopic (exact) mass is 888 g/mol. The molecule has 1 amide bonds. The Morgan fingerprint density at radius 3 is 1.69 bits per heavy atom. The third-order valence-corrected chi connectivity index (χ3v) is 14.6. The molecule has 0 saturated heterocycles. The number of nitrogens with one attached hydrogen (secondary N) is 2. The number of amides is 1. The number of hydrogen-bond acceptors (Lipinski definition) is 1. The number of H-pyrrole nitrogens is 1. The Hall–Kier alpha value is -2.44. The van der Waals surface area contributed by atoms with E-state index < -0.39 is 7.26 Å². The van der Waals surface area contributed by atoms with Crippen molar-refractivity contribution in [3.8, 4) is 0 Å². The predicted molar refractivity (Wildman–Crippen MR) is 214 cm³/mol. The number of hydrogen-bond donors (Lipinski definition) is 2. The molecule has 0 radical (unpaired) electrons. The van der Waals surface area contributed by atoms with Crippen molar-refractivity contribution in [2.45, 2.75) is 40.3 Å². The number of benzene rings is 5. The molecule has 0 spiro atoms. The maximum absolute atomic E-state index is 12.3. The molecule has 6 aromatic rings. The summed E-state index contributed by atoms with van der Waals surface area (Å²) >= 11 is 19.4. The molecular weight excluding hydrogens is 854 g/mol. The van der Waals surface area contributed by atoms with Crippen LogP contribution in [0.5, 0.6) is 0 Å². The number of rotatable bonds is 8. The first-order valence-corrected chi connectivity index (χ1v) is 19.4. The van der Waals surface area contributed by atoms with Gasteiger partial charge in [-0.25, -0.2) is 0 Å². The van der Waals surface area contributed by atoms with Crippen LogP contribution in [0.3, 0.4) is 0 Å². The third kappa shape index (κ3) is 9.21. The molecule has 0 aliphatic carbocycles. The Labute approximate surface area is 322 Å². The second-order valence-corrected chi connectivity index (χ2v) is 16.8. The van der Waals surface area contributed by atoms with E-state index in [1.54, 1.807) is 0 Å². The second kappa shape index (κ2) is 18.5. The van der Waals surface area contributed by atoms with Crippen LogP contribution in [0.25, 0.3) is 10.9 Å². The zero-order chi connectivity index (χ0) is 32.7. The Balaban J connectivity index is 0.000000350. The SMILES string of the molecule is C.CCC(=O)Nc1cc(Cl)c(Br)cc1C[P+](c1ccccc1)(c1ccccc1)c1ccccc1.CCc1cc2cc(Br)c(Cl)cc2[nH]1.[Br-]. The van der Waals surface area contributed by atoms with Crippen LogP contribution in [0.4, 0.5) is 5.69 Å². The Morgan fingerprint density at radius 2 is 1.21 bits per heavy atom. The quantitative estimate of drug-likeness (QED) is 0.148. The molecule has 48 heavy (non-hydrogen) atoms. The average Bonchev–Trinajstić information content (AvgIpc) is 3.49. The lowest BCUT2D eigenvalue weighted by Crippen LogP contribution is -3.00. The van der Waals surface area contributed by atoms with E-state index in [2.05, 4.69) is 152 Å². The van der Waals surface area contributed by atoms with Gasteiger partial charge in [-0.1, -0.05) is 99.1 Å². The van der Waals surface area contributed by atoms with Gasteiger partial charge in [-0.2, -0.15) is 0 Å². The van der Waals surface area contributed by atoms with Crippen molar-refractivity contribution in [1.82, 2.24) is 4.98 Å². The molecule has 0 atom stereocenters. The normalized spacial score (nSPS) is 10.7. The molecule has 3 nitrogen and oxygen atoms in total. The topological polar surface area (TPSA) is 44.9 Å². The summed E-state index contributed by atoms with van der Waals surface area (Å²) in [6, 6.07) is 42.2. The largest absolute Gasteiger partial charge is 1.00 e. The first-order valence-electron chi connectivity index (χ1n) is 15.0. The van der Waals surface area contributed by atoms with Crippen LogP contribution in [-0.2, 0) is 17.4 Å². The van der Waals surface area contributed by atoms with Crippen LogP contribution < -0.4 is 38.2 Å². The number of aromatic amines is 1. The molecule has 1 heterocycles. The smallest absolute Gasteiger partial charge is 0.224 e. The highest BCUT2D eigenvalue weighted by Gasteiger charge is 2.46. The van der Waals surface area contributed by atoms with Gasteiger partial charge < -0.3 is 27.3 Å². The van der Waals surface area contributed by atoms with Crippen molar-refractivity contribution >= 4 is 101 Å². The van der Waals surface area contributed by atoms with Crippen LogP contribution in [-0.4, -0.2) is 10.9 Å². The molecule has 9 heteroatoms. The van der Waals surface area contributed by atoms with Crippen LogP contribution in [0.15, 0.2) is 130 Å². The number of fused-ring (bicyclic) bond motifs is 1. The Bertz CT molecular complexity index is 1800. The van der Waals surface area contributed by atoms with E-state index in [0.29, 0.717) is 11.4 Å². The van der Waals surface area contributed by atoms with Gasteiger partial charge in [-0.15, -0.1) is 0 Å². The number of carbonyl (C=O) groups is 1. The van der Waals surface area contributed by atoms with Gasteiger partial charge in [0, 0.05) is 43.2 Å². The summed E-state index contributed by atoms with van der Waals surface area (Å²) in [6.07, 6.45) is 2.17. The molecule has 5 aromatic carbocycles. The Kier molecular flexibility index (Phi) is 15.4. The molecule has 6 rings (SSSR count). The third-order valence-electron chi connectivity index (χ3n) is 7.84. The van der Waals surface area contributed by atoms with Gasteiger partial charge in [0.25, 0.3) is 0 Å². The van der Waals surface area contributed by atoms with Gasteiger partial charge in [0.05, 0.1) is 10.0 Å². The number of aryl methyl sites for hydroxylation is 1. The molecule has 2 N–H and O–H groups in total. The van der Waals surface area contributed by atoms with Gasteiger partial charge in [-0.3, -0.25) is 4.79 Å². The molecule has 0 unspecified atom stereocenters. The fourth-order valence-corrected chi connectivity index (χ4v) is 10.8. The van der Waals surface area contributed by atoms with E-state index in [9.17, 15) is 4.79 Å². The molecule has 0 saturated carbocycles. The maximum atomic E-state index is 12.3. The molecule has 0 fully saturated rings. The van der Waals surface area contributed by atoms with Crippen molar-refractivity contribution in [3.63, 3.8) is 0 Å². The first kappa shape index (κ1) is 40.0. The summed E-state index contributed by atoms with van der Waals surface area (Å²) in [7, 11) is -2.10. The summed E-state index contributed by atoms with van der Waals surface area (Å²) < 4.78 is 1.77. The minimum Gasteiger partial charge on any atom is -1.00 e. The average molecular weight is 892 g/mol. The molecular formula is C39H38Br3Cl2N2OP. The Morgan fingerprint density at radius 1 is 0.729 bits per heavy atom. The van der Waals surface area contributed by atoms with E-state index in [0.717, 1.165) is 43.3 Å². The van der Waals surface area contributed by atoms with E-state index in [-0.39, 0.29) is 30.3 Å². The number of aromatic nitrogens is 1. The molecule has 0 aliphatic heterocycles. The highest BCUT2D eigenvalue weighted by Crippen LogP contribution is 2.59. The van der Waals surface area contributed by atoms with Crippen LogP contribution >= 0.6 is 62.3 Å². The maximum Gasteiger partial charge on any atom is 0.224 e. The van der Waals surface area contributed by atoms with E-state index in [1.807, 2.05) is 25.1 Å². The van der Waals surface area contributed by atoms with Gasteiger partial charge >= 0.3 is 0 Å². The van der Waals surface area contributed by atoms with Crippen molar-refractivity contribution in [2.24, 2.45) is 0 Å². The minimum atomic E-state index is -2.10. The van der Waals surface area contributed by atoms with Crippen molar-refractivity contribution in [3.05, 3.63) is 152 Å². The lowest BCUT2D eigenvalue weighted by Gasteiger charge is -2.28. The molecule has 1 aromatic heterocycles. The summed E-state index contributed by atoms with van der Waals surface area (Å²) in [5, 5.41) is 9.48. The first-order chi connectivity index (χ1) is 22.2. The van der Waals surface area contributed by atoms with Gasteiger partial charge in [0.2, 0.25) is 5.91 Å².